The molecule has 0 fully saturated rings. The first-order chi connectivity index (χ1) is 8.79. The molecule has 0 aliphatic heterocycles. The first-order valence-electron chi connectivity index (χ1n) is 6.18. The number of hydrogen-bond acceptors (Lipinski definition) is 2. The van der Waals surface area contributed by atoms with Gasteiger partial charge in [0.2, 0.25) is 0 Å². The third-order valence-corrected chi connectivity index (χ3v) is 4.69. The molecular formula is C16H14S2. The standard InChI is InChI=1S/C16H14S2/c1-2-18-16(17)13-8-7-12-9-11-5-3-4-6-14(11)15(12)10-13/h3-8,10H,2,9H2,1H3. The summed E-state index contributed by atoms with van der Waals surface area (Å²) in [5, 5.41) is 0. The van der Waals surface area contributed by atoms with E-state index in [0.29, 0.717) is 0 Å². The zero-order valence-electron chi connectivity index (χ0n) is 10.3. The highest BCUT2D eigenvalue weighted by Gasteiger charge is 2.18. The van der Waals surface area contributed by atoms with Gasteiger partial charge in [0.15, 0.2) is 0 Å². The van der Waals surface area contributed by atoms with Crippen LogP contribution in [-0.4, -0.2) is 9.95 Å². The Morgan fingerprint density at radius 1 is 1.11 bits per heavy atom. The van der Waals surface area contributed by atoms with Crippen LogP contribution in [0.15, 0.2) is 42.5 Å². The van der Waals surface area contributed by atoms with Gasteiger partial charge in [-0.3, -0.25) is 0 Å². The van der Waals surface area contributed by atoms with Crippen LogP contribution in [0, 0.1) is 0 Å². The zero-order valence-corrected chi connectivity index (χ0v) is 11.9. The summed E-state index contributed by atoms with van der Waals surface area (Å²) in [6.45, 7) is 2.14. The monoisotopic (exact) mass is 270 g/mol. The quantitative estimate of drug-likeness (QED) is 0.620. The van der Waals surface area contributed by atoms with Crippen LogP contribution in [0.25, 0.3) is 11.1 Å². The zero-order chi connectivity index (χ0) is 12.5. The van der Waals surface area contributed by atoms with Crippen molar-refractivity contribution in [1.29, 1.82) is 0 Å². The molecule has 2 heteroatoms. The van der Waals surface area contributed by atoms with Gasteiger partial charge in [-0.15, -0.1) is 11.8 Å². The molecule has 0 unspecified atom stereocenters. The van der Waals surface area contributed by atoms with E-state index < -0.39 is 0 Å². The Kier molecular flexibility index (Phi) is 3.23. The minimum atomic E-state index is 1.00. The molecule has 1 aliphatic carbocycles. The third-order valence-electron chi connectivity index (χ3n) is 3.31. The molecule has 0 nitrogen and oxygen atoms in total. The lowest BCUT2D eigenvalue weighted by Gasteiger charge is -2.06. The number of thiocarbonyl (C=S) groups is 1. The normalized spacial score (nSPS) is 12.1. The number of rotatable bonds is 2. The van der Waals surface area contributed by atoms with Gasteiger partial charge in [0.25, 0.3) is 0 Å². The number of hydrogen-bond donors (Lipinski definition) is 0. The van der Waals surface area contributed by atoms with Crippen molar-refractivity contribution in [2.45, 2.75) is 13.3 Å². The van der Waals surface area contributed by atoms with Gasteiger partial charge >= 0.3 is 0 Å². The van der Waals surface area contributed by atoms with Crippen molar-refractivity contribution < 1.29 is 0 Å². The van der Waals surface area contributed by atoms with Crippen molar-refractivity contribution >= 4 is 28.2 Å². The molecule has 2 aromatic rings. The van der Waals surface area contributed by atoms with Crippen LogP contribution in [0.5, 0.6) is 0 Å². The van der Waals surface area contributed by atoms with Crippen LogP contribution >= 0.6 is 24.0 Å². The molecule has 0 heterocycles. The summed E-state index contributed by atoms with van der Waals surface area (Å²) >= 11 is 7.20. The predicted octanol–water partition coefficient (Wildman–Crippen LogP) is 4.69. The average Bonchev–Trinajstić information content (AvgIpc) is 2.76. The maximum Gasteiger partial charge on any atom is 0.0778 e. The lowest BCUT2D eigenvalue weighted by molar-refractivity contribution is 1.26. The highest BCUT2D eigenvalue weighted by Crippen LogP contribution is 2.37. The van der Waals surface area contributed by atoms with Crippen LogP contribution in [0.1, 0.15) is 23.6 Å². The molecule has 0 spiro atoms. The van der Waals surface area contributed by atoms with E-state index in [4.69, 9.17) is 12.2 Å². The minimum absolute atomic E-state index is 1.00. The molecule has 0 atom stereocenters. The molecule has 2 aromatic carbocycles. The van der Waals surface area contributed by atoms with Crippen molar-refractivity contribution in [1.82, 2.24) is 0 Å². The van der Waals surface area contributed by atoms with Crippen LogP contribution in [0.3, 0.4) is 0 Å². The lowest BCUT2D eigenvalue weighted by atomic mass is 10.0. The van der Waals surface area contributed by atoms with E-state index in [1.54, 1.807) is 11.8 Å². The van der Waals surface area contributed by atoms with Crippen molar-refractivity contribution in [3.63, 3.8) is 0 Å². The van der Waals surface area contributed by atoms with Crippen LogP contribution < -0.4 is 0 Å². The smallest absolute Gasteiger partial charge is 0.0778 e. The molecule has 0 aromatic heterocycles. The van der Waals surface area contributed by atoms with Crippen molar-refractivity contribution in [3.05, 3.63) is 59.2 Å². The predicted molar refractivity (Wildman–Crippen MR) is 84.5 cm³/mol. The second kappa shape index (κ2) is 4.87. The minimum Gasteiger partial charge on any atom is -0.114 e. The molecule has 1 aliphatic rings. The molecule has 0 amide bonds. The fourth-order valence-corrected chi connectivity index (χ4v) is 3.50. The SMILES string of the molecule is CCSC(=S)c1ccc2c(c1)-c1ccccc1C2. The Balaban J connectivity index is 2.05. The molecule has 0 N–H and O–H groups in total. The van der Waals surface area contributed by atoms with Gasteiger partial charge < -0.3 is 0 Å². The van der Waals surface area contributed by atoms with Gasteiger partial charge in [0.05, 0.1) is 4.20 Å². The lowest BCUT2D eigenvalue weighted by Crippen LogP contribution is -1.93. The van der Waals surface area contributed by atoms with Gasteiger partial charge in [0.1, 0.15) is 0 Å². The van der Waals surface area contributed by atoms with Gasteiger partial charge in [-0.25, -0.2) is 0 Å². The molecule has 0 radical (unpaired) electrons. The Morgan fingerprint density at radius 2 is 1.89 bits per heavy atom. The van der Waals surface area contributed by atoms with E-state index in [0.717, 1.165) is 16.4 Å². The maximum atomic E-state index is 5.45. The van der Waals surface area contributed by atoms with Gasteiger partial charge in [-0.2, -0.15) is 0 Å². The second-order valence-corrected chi connectivity index (χ2v) is 6.37. The summed E-state index contributed by atoms with van der Waals surface area (Å²) in [7, 11) is 0. The van der Waals surface area contributed by atoms with E-state index in [1.807, 2.05) is 0 Å². The summed E-state index contributed by atoms with van der Waals surface area (Å²) in [4.78, 5) is 0. The maximum absolute atomic E-state index is 5.45. The molecule has 90 valence electrons. The van der Waals surface area contributed by atoms with Gasteiger partial charge in [-0.05, 0) is 46.1 Å². The molecule has 0 saturated heterocycles. The largest absolute Gasteiger partial charge is 0.114 e. The topological polar surface area (TPSA) is 0 Å². The van der Waals surface area contributed by atoms with Crippen LogP contribution in [0.4, 0.5) is 0 Å². The van der Waals surface area contributed by atoms with Crippen LogP contribution in [0.2, 0.25) is 0 Å². The summed E-state index contributed by atoms with van der Waals surface area (Å²) in [6.07, 6.45) is 1.06. The number of benzene rings is 2. The van der Waals surface area contributed by atoms with Crippen molar-refractivity contribution in [2.75, 3.05) is 5.75 Å². The summed E-state index contributed by atoms with van der Waals surface area (Å²) in [6, 6.07) is 15.3. The first-order valence-corrected chi connectivity index (χ1v) is 7.57. The molecular weight excluding hydrogens is 256 g/mol. The molecule has 0 bridgehead atoms. The average molecular weight is 270 g/mol. The van der Waals surface area contributed by atoms with E-state index in [2.05, 4.69) is 49.4 Å². The summed E-state index contributed by atoms with van der Waals surface area (Å²) in [5.41, 5.74) is 6.77. The Labute approximate surface area is 117 Å². The highest BCUT2D eigenvalue weighted by molar-refractivity contribution is 8.23. The van der Waals surface area contributed by atoms with E-state index in [-0.39, 0.29) is 0 Å². The van der Waals surface area contributed by atoms with E-state index in [9.17, 15) is 0 Å². The number of thioether (sulfide) groups is 1. The summed E-state index contributed by atoms with van der Waals surface area (Å²) < 4.78 is 1.00. The Hall–Kier alpha value is -1.12. The third kappa shape index (κ3) is 2.00. The summed E-state index contributed by atoms with van der Waals surface area (Å²) in [5.74, 6) is 1.03. The van der Waals surface area contributed by atoms with E-state index in [1.165, 1.54) is 27.8 Å². The van der Waals surface area contributed by atoms with E-state index >= 15 is 0 Å². The first kappa shape index (κ1) is 11.9. The van der Waals surface area contributed by atoms with Gasteiger partial charge in [0, 0.05) is 0 Å². The molecule has 3 rings (SSSR count). The Bertz CT molecular complexity index is 614. The fraction of sp³-hybridized carbons (Fsp3) is 0.188. The molecule has 18 heavy (non-hydrogen) atoms. The number of fused-ring (bicyclic) bond motifs is 3. The van der Waals surface area contributed by atoms with Crippen molar-refractivity contribution in [2.24, 2.45) is 0 Å². The highest BCUT2D eigenvalue weighted by atomic mass is 32.2. The second-order valence-electron chi connectivity index (χ2n) is 4.43. The van der Waals surface area contributed by atoms with Crippen LogP contribution in [-0.2, 0) is 6.42 Å². The molecule has 0 saturated carbocycles. The Morgan fingerprint density at radius 3 is 2.72 bits per heavy atom. The fourth-order valence-electron chi connectivity index (χ4n) is 2.47. The van der Waals surface area contributed by atoms with Crippen molar-refractivity contribution in [3.8, 4) is 11.1 Å². The van der Waals surface area contributed by atoms with Gasteiger partial charge in [-0.1, -0.05) is 55.5 Å².